The number of nitrogens with zero attached hydrogens (tertiary/aromatic N) is 1. The summed E-state index contributed by atoms with van der Waals surface area (Å²) in [6.45, 7) is 1.88. The van der Waals surface area contributed by atoms with E-state index in [4.69, 9.17) is 5.26 Å². The number of carbonyl (C=O) groups excluding carboxylic acids is 2. The van der Waals surface area contributed by atoms with Gasteiger partial charge in [-0.3, -0.25) is 9.59 Å². The molecule has 0 unspecified atom stereocenters. The van der Waals surface area contributed by atoms with E-state index in [1.54, 1.807) is 36.4 Å². The SMILES string of the molecule is Cc1cc(NC(=O)C(=O)Nc2cccc(C#N)c2)ccc1Br. The van der Waals surface area contributed by atoms with E-state index < -0.39 is 11.8 Å². The maximum atomic E-state index is 11.9. The summed E-state index contributed by atoms with van der Waals surface area (Å²) in [5.74, 6) is -1.57. The molecule has 0 aliphatic carbocycles. The summed E-state index contributed by atoms with van der Waals surface area (Å²) in [5, 5.41) is 13.8. The molecule has 0 aliphatic heterocycles. The van der Waals surface area contributed by atoms with Crippen molar-refractivity contribution < 1.29 is 9.59 Å². The molecular weight excluding hydrogens is 346 g/mol. The maximum absolute atomic E-state index is 11.9. The van der Waals surface area contributed by atoms with Crippen molar-refractivity contribution in [2.45, 2.75) is 6.92 Å². The van der Waals surface area contributed by atoms with Gasteiger partial charge in [0, 0.05) is 15.8 Å². The number of hydrogen-bond donors (Lipinski definition) is 2. The minimum absolute atomic E-state index is 0.395. The van der Waals surface area contributed by atoms with Crippen LogP contribution in [0.2, 0.25) is 0 Å². The van der Waals surface area contributed by atoms with E-state index in [1.807, 2.05) is 13.0 Å². The van der Waals surface area contributed by atoms with Crippen LogP contribution in [0.1, 0.15) is 11.1 Å². The molecular formula is C16H12BrN3O2. The molecule has 0 saturated carbocycles. The van der Waals surface area contributed by atoms with Gasteiger partial charge in [-0.15, -0.1) is 0 Å². The van der Waals surface area contributed by atoms with Crippen molar-refractivity contribution in [3.05, 3.63) is 58.1 Å². The van der Waals surface area contributed by atoms with Crippen LogP contribution in [0.3, 0.4) is 0 Å². The molecule has 0 fully saturated rings. The number of nitrogens with one attached hydrogen (secondary N) is 2. The van der Waals surface area contributed by atoms with Crippen LogP contribution in [0, 0.1) is 18.3 Å². The standard InChI is InChI=1S/C16H12BrN3O2/c1-10-7-13(5-6-14(10)17)20-16(22)15(21)19-12-4-2-3-11(8-12)9-18/h2-8H,1H3,(H,19,21)(H,20,22). The fraction of sp³-hybridized carbons (Fsp3) is 0.0625. The van der Waals surface area contributed by atoms with Crippen LogP contribution in [0.15, 0.2) is 46.9 Å². The molecule has 6 heteroatoms. The van der Waals surface area contributed by atoms with Crippen LogP contribution in [0.4, 0.5) is 11.4 Å². The van der Waals surface area contributed by atoms with Gasteiger partial charge in [0.15, 0.2) is 0 Å². The minimum atomic E-state index is -0.796. The summed E-state index contributed by atoms with van der Waals surface area (Å²) in [7, 11) is 0. The van der Waals surface area contributed by atoms with Crippen molar-refractivity contribution in [2.24, 2.45) is 0 Å². The second kappa shape index (κ2) is 6.87. The monoisotopic (exact) mass is 357 g/mol. The van der Waals surface area contributed by atoms with Crippen LogP contribution in [0.5, 0.6) is 0 Å². The Balaban J connectivity index is 2.04. The lowest BCUT2D eigenvalue weighted by molar-refractivity contribution is -0.132. The van der Waals surface area contributed by atoms with Gasteiger partial charge in [0.2, 0.25) is 0 Å². The van der Waals surface area contributed by atoms with Crippen molar-refractivity contribution in [1.82, 2.24) is 0 Å². The van der Waals surface area contributed by atoms with Gasteiger partial charge in [-0.1, -0.05) is 22.0 Å². The van der Waals surface area contributed by atoms with Crippen molar-refractivity contribution in [3.63, 3.8) is 0 Å². The highest BCUT2D eigenvalue weighted by Crippen LogP contribution is 2.20. The third kappa shape index (κ3) is 3.93. The lowest BCUT2D eigenvalue weighted by Gasteiger charge is -2.08. The summed E-state index contributed by atoms with van der Waals surface area (Å²) in [6, 6.07) is 13.5. The van der Waals surface area contributed by atoms with Crippen molar-refractivity contribution >= 4 is 39.1 Å². The molecule has 2 amide bonds. The molecule has 0 spiro atoms. The van der Waals surface area contributed by atoms with Gasteiger partial charge in [-0.2, -0.15) is 5.26 Å². The first kappa shape index (κ1) is 15.7. The minimum Gasteiger partial charge on any atom is -0.318 e. The highest BCUT2D eigenvalue weighted by atomic mass is 79.9. The first-order valence-corrected chi connectivity index (χ1v) is 7.17. The van der Waals surface area contributed by atoms with Crippen LogP contribution in [-0.2, 0) is 9.59 Å². The highest BCUT2D eigenvalue weighted by Gasteiger charge is 2.14. The van der Waals surface area contributed by atoms with Gasteiger partial charge in [-0.05, 0) is 48.9 Å². The van der Waals surface area contributed by atoms with Crippen LogP contribution in [0.25, 0.3) is 0 Å². The molecule has 0 saturated heterocycles. The molecule has 2 N–H and O–H groups in total. The fourth-order valence-electron chi connectivity index (χ4n) is 1.76. The van der Waals surface area contributed by atoms with Crippen molar-refractivity contribution in [3.8, 4) is 6.07 Å². The lowest BCUT2D eigenvalue weighted by Crippen LogP contribution is -2.29. The molecule has 0 bridgehead atoms. The quantitative estimate of drug-likeness (QED) is 0.809. The highest BCUT2D eigenvalue weighted by molar-refractivity contribution is 9.10. The lowest BCUT2D eigenvalue weighted by atomic mass is 10.2. The molecule has 2 aromatic carbocycles. The van der Waals surface area contributed by atoms with E-state index in [0.717, 1.165) is 10.0 Å². The van der Waals surface area contributed by atoms with Crippen LogP contribution >= 0.6 is 15.9 Å². The molecule has 0 aliphatic rings. The molecule has 2 aromatic rings. The Labute approximate surface area is 136 Å². The predicted octanol–water partition coefficient (Wildman–Crippen LogP) is 3.21. The van der Waals surface area contributed by atoms with E-state index in [-0.39, 0.29) is 0 Å². The zero-order chi connectivity index (χ0) is 16.1. The second-order valence-corrected chi connectivity index (χ2v) is 5.42. The summed E-state index contributed by atoms with van der Waals surface area (Å²) in [6.07, 6.45) is 0. The van der Waals surface area contributed by atoms with Gasteiger partial charge >= 0.3 is 11.8 Å². The number of rotatable bonds is 2. The maximum Gasteiger partial charge on any atom is 0.314 e. The van der Waals surface area contributed by atoms with Gasteiger partial charge < -0.3 is 10.6 Å². The summed E-state index contributed by atoms with van der Waals surface area (Å²) < 4.78 is 0.920. The number of aryl methyl sites for hydroxylation is 1. The summed E-state index contributed by atoms with van der Waals surface area (Å²) >= 11 is 3.36. The predicted molar refractivity (Wildman–Crippen MR) is 87.3 cm³/mol. The summed E-state index contributed by atoms with van der Waals surface area (Å²) in [5.41, 5.74) is 2.28. The number of amides is 2. The first-order chi connectivity index (χ1) is 10.5. The molecule has 0 radical (unpaired) electrons. The smallest absolute Gasteiger partial charge is 0.314 e. The number of hydrogen-bond acceptors (Lipinski definition) is 3. The van der Waals surface area contributed by atoms with E-state index in [9.17, 15) is 9.59 Å². The van der Waals surface area contributed by atoms with Crippen LogP contribution in [-0.4, -0.2) is 11.8 Å². The fourth-order valence-corrected chi connectivity index (χ4v) is 2.01. The van der Waals surface area contributed by atoms with Gasteiger partial charge in [0.25, 0.3) is 0 Å². The van der Waals surface area contributed by atoms with Gasteiger partial charge in [0.1, 0.15) is 0 Å². The number of benzene rings is 2. The van der Waals surface area contributed by atoms with E-state index in [0.29, 0.717) is 16.9 Å². The Hall–Kier alpha value is -2.65. The Bertz CT molecular complexity index is 781. The van der Waals surface area contributed by atoms with Gasteiger partial charge in [-0.25, -0.2) is 0 Å². The Morgan fingerprint density at radius 3 is 2.27 bits per heavy atom. The van der Waals surface area contributed by atoms with E-state index in [2.05, 4.69) is 26.6 Å². The number of halogens is 1. The summed E-state index contributed by atoms with van der Waals surface area (Å²) in [4.78, 5) is 23.7. The molecule has 0 atom stereocenters. The molecule has 22 heavy (non-hydrogen) atoms. The number of anilines is 2. The average Bonchev–Trinajstić information content (AvgIpc) is 2.51. The Morgan fingerprint density at radius 1 is 1.05 bits per heavy atom. The van der Waals surface area contributed by atoms with Crippen molar-refractivity contribution in [1.29, 1.82) is 5.26 Å². The largest absolute Gasteiger partial charge is 0.318 e. The van der Waals surface area contributed by atoms with Crippen molar-refractivity contribution in [2.75, 3.05) is 10.6 Å². The molecule has 0 aromatic heterocycles. The first-order valence-electron chi connectivity index (χ1n) is 6.38. The molecule has 5 nitrogen and oxygen atoms in total. The van der Waals surface area contributed by atoms with E-state index >= 15 is 0 Å². The van der Waals surface area contributed by atoms with E-state index in [1.165, 1.54) is 6.07 Å². The zero-order valence-electron chi connectivity index (χ0n) is 11.7. The van der Waals surface area contributed by atoms with Gasteiger partial charge in [0.05, 0.1) is 11.6 Å². The molecule has 110 valence electrons. The Kier molecular flexibility index (Phi) is 4.92. The number of nitriles is 1. The third-order valence-electron chi connectivity index (χ3n) is 2.87. The zero-order valence-corrected chi connectivity index (χ0v) is 13.3. The third-order valence-corrected chi connectivity index (χ3v) is 3.76. The second-order valence-electron chi connectivity index (χ2n) is 4.56. The van der Waals surface area contributed by atoms with Crippen LogP contribution < -0.4 is 10.6 Å². The topological polar surface area (TPSA) is 82.0 Å². The number of carbonyl (C=O) groups is 2. The molecule has 2 rings (SSSR count). The normalized spacial score (nSPS) is 9.68. The average molecular weight is 358 g/mol. The molecule has 0 heterocycles. The Morgan fingerprint density at radius 2 is 1.68 bits per heavy atom.